The van der Waals surface area contributed by atoms with E-state index in [2.05, 4.69) is 6.92 Å². The van der Waals surface area contributed by atoms with Gasteiger partial charge < -0.3 is 23.7 Å². The Labute approximate surface area is 97.0 Å². The number of ether oxygens (including phenoxy) is 5. The molecule has 0 N–H and O–H groups in total. The first-order valence-electron chi connectivity index (χ1n) is 5.42. The third-order valence-corrected chi connectivity index (χ3v) is 3.11. The van der Waals surface area contributed by atoms with E-state index in [9.17, 15) is 0 Å². The summed E-state index contributed by atoms with van der Waals surface area (Å²) in [6.45, 7) is 2.59. The Morgan fingerprint density at radius 1 is 0.938 bits per heavy atom. The zero-order valence-corrected chi connectivity index (χ0v) is 10.6. The summed E-state index contributed by atoms with van der Waals surface area (Å²) in [7, 11) is 6.57. The summed E-state index contributed by atoms with van der Waals surface area (Å²) < 4.78 is 27.0. The summed E-state index contributed by atoms with van der Waals surface area (Å²) in [5.41, 5.74) is 0. The van der Waals surface area contributed by atoms with Crippen molar-refractivity contribution in [2.45, 2.75) is 31.5 Å². The minimum atomic E-state index is -0.411. The molecule has 0 radical (unpaired) electrons. The first-order chi connectivity index (χ1) is 7.69. The van der Waals surface area contributed by atoms with Crippen LogP contribution in [-0.4, -0.2) is 59.6 Å². The second kappa shape index (κ2) is 6.51. The SMILES string of the molecule is COCC1O[C@@H](OC)C(OC)[C@@H](OC)[C@@H]1C. The average Bonchev–Trinajstić information content (AvgIpc) is 2.31. The lowest BCUT2D eigenvalue weighted by Crippen LogP contribution is -2.56. The minimum absolute atomic E-state index is 0.0358. The number of methoxy groups -OCH3 is 4. The molecule has 1 saturated heterocycles. The van der Waals surface area contributed by atoms with Gasteiger partial charge in [-0.25, -0.2) is 0 Å². The molecule has 1 fully saturated rings. The van der Waals surface area contributed by atoms with Crippen LogP contribution in [0.15, 0.2) is 0 Å². The zero-order valence-electron chi connectivity index (χ0n) is 10.6. The summed E-state index contributed by atoms with van der Waals surface area (Å²) in [6, 6.07) is 0. The fourth-order valence-corrected chi connectivity index (χ4v) is 2.18. The van der Waals surface area contributed by atoms with Gasteiger partial charge in [0.15, 0.2) is 6.29 Å². The van der Waals surface area contributed by atoms with Crippen LogP contribution in [0.5, 0.6) is 0 Å². The van der Waals surface area contributed by atoms with E-state index in [0.717, 1.165) is 0 Å². The smallest absolute Gasteiger partial charge is 0.186 e. The largest absolute Gasteiger partial charge is 0.382 e. The van der Waals surface area contributed by atoms with E-state index < -0.39 is 6.29 Å². The van der Waals surface area contributed by atoms with Crippen molar-refractivity contribution in [2.75, 3.05) is 35.0 Å². The van der Waals surface area contributed by atoms with Crippen molar-refractivity contribution in [3.8, 4) is 0 Å². The summed E-state index contributed by atoms with van der Waals surface area (Å²) >= 11 is 0. The third-order valence-electron chi connectivity index (χ3n) is 3.11. The van der Waals surface area contributed by atoms with E-state index in [1.54, 1.807) is 28.4 Å². The van der Waals surface area contributed by atoms with Crippen molar-refractivity contribution in [1.29, 1.82) is 0 Å². The van der Waals surface area contributed by atoms with Gasteiger partial charge in [-0.3, -0.25) is 0 Å². The second-order valence-electron chi connectivity index (χ2n) is 3.99. The van der Waals surface area contributed by atoms with Gasteiger partial charge in [0.2, 0.25) is 0 Å². The molecule has 1 rings (SSSR count). The Balaban J connectivity index is 2.76. The molecule has 1 aliphatic heterocycles. The predicted octanol–water partition coefficient (Wildman–Crippen LogP) is 0.670. The Morgan fingerprint density at radius 3 is 2.00 bits per heavy atom. The molecule has 0 saturated carbocycles. The molecule has 5 atom stereocenters. The van der Waals surface area contributed by atoms with Crippen LogP contribution in [0, 0.1) is 5.92 Å². The number of hydrogen-bond donors (Lipinski definition) is 0. The van der Waals surface area contributed by atoms with E-state index in [-0.39, 0.29) is 24.2 Å². The molecule has 5 nitrogen and oxygen atoms in total. The molecule has 0 spiro atoms. The van der Waals surface area contributed by atoms with Crippen LogP contribution in [0.25, 0.3) is 0 Å². The second-order valence-corrected chi connectivity index (χ2v) is 3.99. The van der Waals surface area contributed by atoms with E-state index in [1.807, 2.05) is 0 Å². The maximum absolute atomic E-state index is 5.77. The quantitative estimate of drug-likeness (QED) is 0.699. The first-order valence-corrected chi connectivity index (χ1v) is 5.42. The van der Waals surface area contributed by atoms with Gasteiger partial charge in [-0.05, 0) is 0 Å². The highest BCUT2D eigenvalue weighted by Crippen LogP contribution is 2.29. The molecule has 0 amide bonds. The molecule has 16 heavy (non-hydrogen) atoms. The Kier molecular flexibility index (Phi) is 5.64. The summed E-state index contributed by atoms with van der Waals surface area (Å²) in [6.07, 6.45) is -0.709. The predicted molar refractivity (Wildman–Crippen MR) is 58.3 cm³/mol. The standard InChI is InChI=1S/C11H22O5/c1-7-8(6-12-2)16-11(15-5)10(14-4)9(7)13-3/h7-11H,6H2,1-5H3/t7-,8?,9+,10?,11-/m1/s1. The maximum Gasteiger partial charge on any atom is 0.186 e. The van der Waals surface area contributed by atoms with E-state index in [4.69, 9.17) is 23.7 Å². The van der Waals surface area contributed by atoms with Crippen LogP contribution in [0.3, 0.4) is 0 Å². The van der Waals surface area contributed by atoms with Crippen LogP contribution in [0.1, 0.15) is 6.92 Å². The lowest BCUT2D eigenvalue weighted by atomic mass is 9.90. The molecule has 5 heteroatoms. The fourth-order valence-electron chi connectivity index (χ4n) is 2.18. The lowest BCUT2D eigenvalue weighted by molar-refractivity contribution is -0.290. The number of hydrogen-bond acceptors (Lipinski definition) is 5. The van der Waals surface area contributed by atoms with Gasteiger partial charge >= 0.3 is 0 Å². The van der Waals surface area contributed by atoms with Gasteiger partial charge in [0.25, 0.3) is 0 Å². The topological polar surface area (TPSA) is 46.2 Å². The van der Waals surface area contributed by atoms with Gasteiger partial charge in [0.05, 0.1) is 18.8 Å². The van der Waals surface area contributed by atoms with Crippen molar-refractivity contribution in [3.05, 3.63) is 0 Å². The molecule has 96 valence electrons. The van der Waals surface area contributed by atoms with E-state index in [1.165, 1.54) is 0 Å². The Bertz CT molecular complexity index is 199. The van der Waals surface area contributed by atoms with Crippen LogP contribution in [0.2, 0.25) is 0 Å². The summed E-state index contributed by atoms with van der Waals surface area (Å²) in [4.78, 5) is 0. The lowest BCUT2D eigenvalue weighted by Gasteiger charge is -2.43. The highest BCUT2D eigenvalue weighted by Gasteiger charge is 2.44. The molecular formula is C11H22O5. The molecule has 0 aliphatic carbocycles. The maximum atomic E-state index is 5.77. The summed E-state index contributed by atoms with van der Waals surface area (Å²) in [5.74, 6) is 0.196. The van der Waals surface area contributed by atoms with Crippen molar-refractivity contribution in [1.82, 2.24) is 0 Å². The van der Waals surface area contributed by atoms with Crippen LogP contribution in [0.4, 0.5) is 0 Å². The summed E-state index contributed by atoms with van der Waals surface area (Å²) in [5, 5.41) is 0. The molecule has 1 heterocycles. The first kappa shape index (κ1) is 13.9. The minimum Gasteiger partial charge on any atom is -0.382 e. The molecule has 0 aromatic rings. The fraction of sp³-hybridized carbons (Fsp3) is 1.00. The van der Waals surface area contributed by atoms with E-state index in [0.29, 0.717) is 6.61 Å². The zero-order chi connectivity index (χ0) is 12.1. The monoisotopic (exact) mass is 234 g/mol. The normalized spacial score (nSPS) is 39.9. The Hall–Kier alpha value is -0.200. The van der Waals surface area contributed by atoms with Crippen LogP contribution >= 0.6 is 0 Å². The van der Waals surface area contributed by atoms with Crippen molar-refractivity contribution < 1.29 is 23.7 Å². The van der Waals surface area contributed by atoms with Gasteiger partial charge in [0.1, 0.15) is 6.10 Å². The average molecular weight is 234 g/mol. The van der Waals surface area contributed by atoms with Crippen molar-refractivity contribution in [2.24, 2.45) is 5.92 Å². The van der Waals surface area contributed by atoms with Crippen LogP contribution < -0.4 is 0 Å². The van der Waals surface area contributed by atoms with Crippen LogP contribution in [-0.2, 0) is 23.7 Å². The van der Waals surface area contributed by atoms with Gasteiger partial charge in [-0.1, -0.05) is 6.92 Å². The molecule has 0 bridgehead atoms. The van der Waals surface area contributed by atoms with Crippen molar-refractivity contribution in [3.63, 3.8) is 0 Å². The van der Waals surface area contributed by atoms with Gasteiger partial charge in [-0.2, -0.15) is 0 Å². The highest BCUT2D eigenvalue weighted by atomic mass is 16.7. The van der Waals surface area contributed by atoms with Crippen molar-refractivity contribution >= 4 is 0 Å². The number of rotatable bonds is 5. The molecule has 0 aromatic heterocycles. The van der Waals surface area contributed by atoms with Gasteiger partial charge in [-0.15, -0.1) is 0 Å². The molecule has 1 aliphatic rings. The third kappa shape index (κ3) is 2.73. The van der Waals surface area contributed by atoms with Gasteiger partial charge in [0, 0.05) is 34.4 Å². The van der Waals surface area contributed by atoms with E-state index >= 15 is 0 Å². The molecule has 0 aromatic carbocycles. The Morgan fingerprint density at radius 2 is 1.56 bits per heavy atom. The molecule has 2 unspecified atom stereocenters. The highest BCUT2D eigenvalue weighted by molar-refractivity contribution is 4.88. The molecular weight excluding hydrogens is 212 g/mol.